The lowest BCUT2D eigenvalue weighted by atomic mass is 10.2. The van der Waals surface area contributed by atoms with Crippen molar-refractivity contribution in [2.75, 3.05) is 0 Å². The summed E-state index contributed by atoms with van der Waals surface area (Å²) in [6.07, 6.45) is 0. The van der Waals surface area contributed by atoms with Crippen LogP contribution in [0.5, 0.6) is 0 Å². The molecule has 0 radical (unpaired) electrons. The summed E-state index contributed by atoms with van der Waals surface area (Å²) < 4.78 is 25.5. The molecular formula is C10H10ClF2NO. The second-order valence-electron chi connectivity index (χ2n) is 3.37. The van der Waals surface area contributed by atoms with E-state index in [1.54, 1.807) is 13.8 Å². The quantitative estimate of drug-likeness (QED) is 0.782. The fraction of sp³-hybridized carbons (Fsp3) is 0.300. The van der Waals surface area contributed by atoms with Crippen LogP contribution in [0.15, 0.2) is 12.1 Å². The number of rotatable bonds is 2. The molecule has 1 rings (SSSR count). The van der Waals surface area contributed by atoms with Gasteiger partial charge in [-0.05, 0) is 26.0 Å². The molecule has 1 N–H and O–H groups in total. The Morgan fingerprint density at radius 2 is 1.87 bits per heavy atom. The van der Waals surface area contributed by atoms with Gasteiger partial charge in [0.1, 0.15) is 0 Å². The Morgan fingerprint density at radius 3 is 2.40 bits per heavy atom. The van der Waals surface area contributed by atoms with Crippen LogP contribution >= 0.6 is 11.6 Å². The molecule has 0 heterocycles. The van der Waals surface area contributed by atoms with Crippen molar-refractivity contribution in [2.45, 2.75) is 19.9 Å². The Kier molecular flexibility index (Phi) is 3.63. The molecule has 15 heavy (non-hydrogen) atoms. The number of carbonyl (C=O) groups is 1. The van der Waals surface area contributed by atoms with E-state index in [-0.39, 0.29) is 16.6 Å². The number of hydrogen-bond donors (Lipinski definition) is 1. The molecule has 0 aliphatic carbocycles. The minimum absolute atomic E-state index is 0.0655. The average molecular weight is 234 g/mol. The molecule has 0 aromatic heterocycles. The van der Waals surface area contributed by atoms with Gasteiger partial charge in [-0.2, -0.15) is 0 Å². The van der Waals surface area contributed by atoms with Gasteiger partial charge in [-0.15, -0.1) is 0 Å². The summed E-state index contributed by atoms with van der Waals surface area (Å²) in [6, 6.07) is 1.48. The average Bonchev–Trinajstić information content (AvgIpc) is 2.09. The molecule has 0 saturated carbocycles. The highest BCUT2D eigenvalue weighted by atomic mass is 35.5. The van der Waals surface area contributed by atoms with Gasteiger partial charge in [-0.1, -0.05) is 11.6 Å². The molecule has 82 valence electrons. The Morgan fingerprint density at radius 1 is 1.33 bits per heavy atom. The van der Waals surface area contributed by atoms with E-state index in [0.717, 1.165) is 12.1 Å². The predicted octanol–water partition coefficient (Wildman–Crippen LogP) is 2.76. The molecule has 0 aliphatic rings. The highest BCUT2D eigenvalue weighted by Gasteiger charge is 2.15. The zero-order valence-corrected chi connectivity index (χ0v) is 9.03. The molecule has 5 heteroatoms. The lowest BCUT2D eigenvalue weighted by Crippen LogP contribution is -2.30. The largest absolute Gasteiger partial charge is 0.350 e. The number of amides is 1. The van der Waals surface area contributed by atoms with Crippen molar-refractivity contribution in [1.29, 1.82) is 0 Å². The SMILES string of the molecule is CC(C)NC(=O)c1cc(F)c(F)cc1Cl. The summed E-state index contributed by atoms with van der Waals surface area (Å²) in [5, 5.41) is 2.43. The van der Waals surface area contributed by atoms with Gasteiger partial charge in [0.2, 0.25) is 0 Å². The number of carbonyl (C=O) groups excluding carboxylic acids is 1. The second kappa shape index (κ2) is 4.57. The summed E-state index contributed by atoms with van der Waals surface area (Å²) >= 11 is 5.61. The maximum atomic E-state index is 12.8. The van der Waals surface area contributed by atoms with Crippen LogP contribution in [0.25, 0.3) is 0 Å². The third kappa shape index (κ3) is 2.89. The summed E-state index contributed by atoms with van der Waals surface area (Å²) in [5.74, 6) is -2.68. The molecule has 0 atom stereocenters. The molecule has 0 saturated heterocycles. The third-order valence-corrected chi connectivity index (χ3v) is 1.99. The summed E-state index contributed by atoms with van der Waals surface area (Å²) in [5.41, 5.74) is -0.0655. The van der Waals surface area contributed by atoms with Crippen LogP contribution in [0, 0.1) is 11.6 Å². The van der Waals surface area contributed by atoms with Gasteiger partial charge >= 0.3 is 0 Å². The monoisotopic (exact) mass is 233 g/mol. The zero-order valence-electron chi connectivity index (χ0n) is 8.27. The van der Waals surface area contributed by atoms with Crippen molar-refractivity contribution in [2.24, 2.45) is 0 Å². The van der Waals surface area contributed by atoms with E-state index in [2.05, 4.69) is 5.32 Å². The Hall–Kier alpha value is -1.16. The highest BCUT2D eigenvalue weighted by molar-refractivity contribution is 6.33. The lowest BCUT2D eigenvalue weighted by molar-refractivity contribution is 0.0942. The van der Waals surface area contributed by atoms with E-state index in [0.29, 0.717) is 0 Å². The van der Waals surface area contributed by atoms with Gasteiger partial charge in [-0.25, -0.2) is 8.78 Å². The first-order valence-corrected chi connectivity index (χ1v) is 4.75. The van der Waals surface area contributed by atoms with E-state index in [9.17, 15) is 13.6 Å². The van der Waals surface area contributed by atoms with Crippen molar-refractivity contribution in [1.82, 2.24) is 5.32 Å². The summed E-state index contributed by atoms with van der Waals surface area (Å²) in [4.78, 5) is 11.5. The molecule has 0 unspecified atom stereocenters. The van der Waals surface area contributed by atoms with Crippen molar-refractivity contribution < 1.29 is 13.6 Å². The van der Waals surface area contributed by atoms with Crippen LogP contribution in [0.4, 0.5) is 8.78 Å². The Bertz CT molecular complexity index is 393. The smallest absolute Gasteiger partial charge is 0.253 e. The van der Waals surface area contributed by atoms with Crippen LogP contribution in [0.2, 0.25) is 5.02 Å². The molecule has 1 amide bonds. The molecule has 1 aromatic rings. The summed E-state index contributed by atoms with van der Waals surface area (Å²) in [6.45, 7) is 3.51. The number of hydrogen-bond acceptors (Lipinski definition) is 1. The van der Waals surface area contributed by atoms with Crippen molar-refractivity contribution >= 4 is 17.5 Å². The van der Waals surface area contributed by atoms with Gasteiger partial charge in [0.25, 0.3) is 5.91 Å². The Labute approximate surface area is 91.2 Å². The normalized spacial score (nSPS) is 10.5. The standard InChI is InChI=1S/C10H10ClF2NO/c1-5(2)14-10(15)6-3-8(12)9(13)4-7(6)11/h3-5H,1-2H3,(H,14,15). The topological polar surface area (TPSA) is 29.1 Å². The molecule has 0 bridgehead atoms. The minimum Gasteiger partial charge on any atom is -0.350 e. The van der Waals surface area contributed by atoms with Crippen LogP contribution in [0.3, 0.4) is 0 Å². The molecular weight excluding hydrogens is 224 g/mol. The van der Waals surface area contributed by atoms with Gasteiger partial charge in [-0.3, -0.25) is 4.79 Å². The summed E-state index contributed by atoms with van der Waals surface area (Å²) in [7, 11) is 0. The van der Waals surface area contributed by atoms with Crippen molar-refractivity contribution in [3.8, 4) is 0 Å². The van der Waals surface area contributed by atoms with E-state index < -0.39 is 17.5 Å². The van der Waals surface area contributed by atoms with Gasteiger partial charge in [0.05, 0.1) is 10.6 Å². The fourth-order valence-electron chi connectivity index (χ4n) is 1.04. The number of nitrogens with one attached hydrogen (secondary N) is 1. The second-order valence-corrected chi connectivity index (χ2v) is 3.78. The van der Waals surface area contributed by atoms with Gasteiger partial charge in [0, 0.05) is 6.04 Å². The van der Waals surface area contributed by atoms with Crippen molar-refractivity contribution in [3.05, 3.63) is 34.4 Å². The molecule has 2 nitrogen and oxygen atoms in total. The Balaban J connectivity index is 3.04. The molecule has 0 aliphatic heterocycles. The van der Waals surface area contributed by atoms with Crippen LogP contribution in [-0.2, 0) is 0 Å². The zero-order chi connectivity index (χ0) is 11.6. The van der Waals surface area contributed by atoms with Crippen LogP contribution in [-0.4, -0.2) is 11.9 Å². The number of halogens is 3. The highest BCUT2D eigenvalue weighted by Crippen LogP contribution is 2.19. The first kappa shape index (κ1) is 11.9. The van der Waals surface area contributed by atoms with E-state index in [4.69, 9.17) is 11.6 Å². The predicted molar refractivity (Wildman–Crippen MR) is 54.0 cm³/mol. The minimum atomic E-state index is -1.09. The van der Waals surface area contributed by atoms with Crippen molar-refractivity contribution in [3.63, 3.8) is 0 Å². The molecule has 0 fully saturated rings. The first-order valence-electron chi connectivity index (χ1n) is 4.37. The molecule has 1 aromatic carbocycles. The first-order chi connectivity index (χ1) is 6.91. The van der Waals surface area contributed by atoms with Gasteiger partial charge < -0.3 is 5.32 Å². The van der Waals surface area contributed by atoms with Gasteiger partial charge in [0.15, 0.2) is 11.6 Å². The third-order valence-electron chi connectivity index (χ3n) is 1.67. The van der Waals surface area contributed by atoms with Crippen LogP contribution in [0.1, 0.15) is 24.2 Å². The fourth-order valence-corrected chi connectivity index (χ4v) is 1.27. The maximum absolute atomic E-state index is 12.8. The number of benzene rings is 1. The maximum Gasteiger partial charge on any atom is 0.253 e. The van der Waals surface area contributed by atoms with E-state index in [1.807, 2.05) is 0 Å². The van der Waals surface area contributed by atoms with E-state index in [1.165, 1.54) is 0 Å². The van der Waals surface area contributed by atoms with Crippen LogP contribution < -0.4 is 5.32 Å². The lowest BCUT2D eigenvalue weighted by Gasteiger charge is -2.09. The molecule has 0 spiro atoms. The van der Waals surface area contributed by atoms with E-state index >= 15 is 0 Å².